The molecule has 0 amide bonds. The first-order chi connectivity index (χ1) is 11.5. The highest BCUT2D eigenvalue weighted by Gasteiger charge is 2.20. The summed E-state index contributed by atoms with van der Waals surface area (Å²) in [6, 6.07) is 10.8. The molecule has 0 radical (unpaired) electrons. The molecule has 1 saturated heterocycles. The van der Waals surface area contributed by atoms with Crippen molar-refractivity contribution < 1.29 is 5.11 Å². The van der Waals surface area contributed by atoms with Gasteiger partial charge in [-0.2, -0.15) is 5.26 Å². The molecule has 4 heteroatoms. The number of nitrogens with one attached hydrogen (secondary N) is 1. The van der Waals surface area contributed by atoms with Crippen LogP contribution in [0.2, 0.25) is 0 Å². The second kappa shape index (κ2) is 9.05. The highest BCUT2D eigenvalue weighted by atomic mass is 16.3. The fourth-order valence-corrected chi connectivity index (χ4v) is 3.22. The van der Waals surface area contributed by atoms with E-state index in [0.29, 0.717) is 18.9 Å². The van der Waals surface area contributed by atoms with E-state index in [1.807, 2.05) is 0 Å². The Labute approximate surface area is 146 Å². The van der Waals surface area contributed by atoms with Crippen LogP contribution < -0.4 is 5.32 Å². The lowest BCUT2D eigenvalue weighted by Gasteiger charge is -2.32. The molecule has 1 heterocycles. The topological polar surface area (TPSA) is 59.3 Å². The van der Waals surface area contributed by atoms with E-state index in [1.165, 1.54) is 11.3 Å². The lowest BCUT2D eigenvalue weighted by atomic mass is 9.88. The number of likely N-dealkylation sites (tertiary alicyclic amines) is 1. The van der Waals surface area contributed by atoms with Crippen LogP contribution in [0.1, 0.15) is 45.1 Å². The van der Waals surface area contributed by atoms with Crippen molar-refractivity contribution in [3.63, 3.8) is 0 Å². The molecule has 4 nitrogen and oxygen atoms in total. The highest BCUT2D eigenvalue weighted by molar-refractivity contribution is 5.51. The van der Waals surface area contributed by atoms with E-state index in [1.54, 1.807) is 0 Å². The van der Waals surface area contributed by atoms with Gasteiger partial charge in [0.1, 0.15) is 0 Å². The highest BCUT2D eigenvalue weighted by Crippen LogP contribution is 2.26. The first-order valence-corrected chi connectivity index (χ1v) is 9.06. The maximum absolute atomic E-state index is 9.27. The first-order valence-electron chi connectivity index (χ1n) is 9.06. The molecule has 0 unspecified atom stereocenters. The molecule has 0 atom stereocenters. The number of nitriles is 1. The molecule has 2 N–H and O–H groups in total. The molecule has 0 aromatic heterocycles. The molecular formula is C20H31N3O. The van der Waals surface area contributed by atoms with Crippen LogP contribution in [0.25, 0.3) is 0 Å². The Kier molecular flexibility index (Phi) is 7.08. The Morgan fingerprint density at radius 2 is 2.00 bits per heavy atom. The molecule has 0 bridgehead atoms. The summed E-state index contributed by atoms with van der Waals surface area (Å²) in [5.41, 5.74) is 2.64. The van der Waals surface area contributed by atoms with Crippen molar-refractivity contribution in [3.05, 3.63) is 29.8 Å². The summed E-state index contributed by atoms with van der Waals surface area (Å²) in [7, 11) is 0. The summed E-state index contributed by atoms with van der Waals surface area (Å²) in [5.74, 6) is 0.482. The summed E-state index contributed by atoms with van der Waals surface area (Å²) in [4.78, 5) is 2.48. The summed E-state index contributed by atoms with van der Waals surface area (Å²) >= 11 is 0. The van der Waals surface area contributed by atoms with Crippen molar-refractivity contribution in [2.24, 2.45) is 11.3 Å². The number of para-hydroxylation sites is 1. The molecular weight excluding hydrogens is 298 g/mol. The predicted molar refractivity (Wildman–Crippen MR) is 98.6 cm³/mol. The lowest BCUT2D eigenvalue weighted by molar-refractivity contribution is 0.127. The van der Waals surface area contributed by atoms with Gasteiger partial charge in [0.15, 0.2) is 0 Å². The zero-order valence-electron chi connectivity index (χ0n) is 15.1. The van der Waals surface area contributed by atoms with Crippen LogP contribution in [0.3, 0.4) is 0 Å². The van der Waals surface area contributed by atoms with Crippen LogP contribution in [0.4, 0.5) is 5.69 Å². The van der Waals surface area contributed by atoms with Crippen LogP contribution >= 0.6 is 0 Å². The summed E-state index contributed by atoms with van der Waals surface area (Å²) in [6.07, 6.45) is 3.70. The van der Waals surface area contributed by atoms with Gasteiger partial charge in [-0.3, -0.25) is 4.90 Å². The maximum atomic E-state index is 9.27. The molecule has 1 aromatic carbocycles. The Morgan fingerprint density at radius 3 is 2.67 bits per heavy atom. The minimum Gasteiger partial charge on any atom is -0.396 e. The first kappa shape index (κ1) is 18.8. The van der Waals surface area contributed by atoms with E-state index < -0.39 is 0 Å². The molecule has 24 heavy (non-hydrogen) atoms. The predicted octanol–water partition coefficient (Wildman–Crippen LogP) is 3.63. The Hall–Kier alpha value is -1.57. The third kappa shape index (κ3) is 5.81. The zero-order chi connectivity index (χ0) is 17.4. The number of aliphatic hydroxyl groups is 1. The van der Waals surface area contributed by atoms with E-state index >= 15 is 0 Å². The van der Waals surface area contributed by atoms with Gasteiger partial charge in [0.25, 0.3) is 0 Å². The van der Waals surface area contributed by atoms with Crippen LogP contribution in [0.15, 0.2) is 24.3 Å². The monoisotopic (exact) mass is 329 g/mol. The fourth-order valence-electron chi connectivity index (χ4n) is 3.22. The third-order valence-electron chi connectivity index (χ3n) is 5.05. The summed E-state index contributed by atoms with van der Waals surface area (Å²) in [6.45, 7) is 8.70. The molecule has 2 rings (SSSR count). The summed E-state index contributed by atoms with van der Waals surface area (Å²) in [5, 5.41) is 21.7. The van der Waals surface area contributed by atoms with Gasteiger partial charge < -0.3 is 10.4 Å². The zero-order valence-corrected chi connectivity index (χ0v) is 15.1. The van der Waals surface area contributed by atoms with Gasteiger partial charge in [0, 0.05) is 31.8 Å². The molecule has 0 aliphatic carbocycles. The normalized spacial score (nSPS) is 16.8. The average molecular weight is 329 g/mol. The van der Waals surface area contributed by atoms with E-state index in [4.69, 9.17) is 5.26 Å². The minimum atomic E-state index is 0.113. The molecule has 1 aliphatic rings. The number of hydrogen-bond acceptors (Lipinski definition) is 4. The molecule has 1 fully saturated rings. The molecule has 0 saturated carbocycles. The van der Waals surface area contributed by atoms with Crippen molar-refractivity contribution in [3.8, 4) is 6.07 Å². The van der Waals surface area contributed by atoms with Gasteiger partial charge in [-0.25, -0.2) is 0 Å². The Bertz CT molecular complexity index is 542. The second-order valence-electron chi connectivity index (χ2n) is 7.74. The standard InChI is InChI=1S/C20H31N3O/c1-20(2,10-5-11-21)16-22-19-7-4-3-6-18(19)14-23-12-8-17(15-24)9-13-23/h3-4,6-7,17,22,24H,5,8-10,12-16H2,1-2H3. The lowest BCUT2D eigenvalue weighted by Crippen LogP contribution is -2.34. The number of nitrogens with zero attached hydrogens (tertiary/aromatic N) is 2. The molecule has 1 aromatic rings. The second-order valence-corrected chi connectivity index (χ2v) is 7.74. The Morgan fingerprint density at radius 1 is 1.29 bits per heavy atom. The smallest absolute Gasteiger partial charge is 0.0621 e. The largest absolute Gasteiger partial charge is 0.396 e. The summed E-state index contributed by atoms with van der Waals surface area (Å²) < 4.78 is 0. The number of piperidine rings is 1. The fraction of sp³-hybridized carbons (Fsp3) is 0.650. The average Bonchev–Trinajstić information content (AvgIpc) is 2.60. The minimum absolute atomic E-state index is 0.113. The van der Waals surface area contributed by atoms with Gasteiger partial charge >= 0.3 is 0 Å². The van der Waals surface area contributed by atoms with Crippen molar-refractivity contribution in [1.82, 2.24) is 4.90 Å². The van der Waals surface area contributed by atoms with Gasteiger partial charge in [-0.15, -0.1) is 0 Å². The van der Waals surface area contributed by atoms with E-state index in [0.717, 1.165) is 45.4 Å². The van der Waals surface area contributed by atoms with Crippen LogP contribution in [-0.2, 0) is 6.54 Å². The number of aliphatic hydroxyl groups excluding tert-OH is 1. The van der Waals surface area contributed by atoms with Gasteiger partial charge in [0.05, 0.1) is 6.07 Å². The van der Waals surface area contributed by atoms with Gasteiger partial charge in [-0.05, 0) is 55.3 Å². The van der Waals surface area contributed by atoms with Crippen molar-refractivity contribution >= 4 is 5.69 Å². The molecule has 0 spiro atoms. The van der Waals surface area contributed by atoms with E-state index in [2.05, 4.69) is 54.4 Å². The van der Waals surface area contributed by atoms with Crippen molar-refractivity contribution in [1.29, 1.82) is 5.26 Å². The Balaban J connectivity index is 1.92. The quantitative estimate of drug-likeness (QED) is 0.764. The van der Waals surface area contributed by atoms with Crippen LogP contribution in [0, 0.1) is 22.7 Å². The van der Waals surface area contributed by atoms with E-state index in [-0.39, 0.29) is 5.41 Å². The van der Waals surface area contributed by atoms with Gasteiger partial charge in [0.2, 0.25) is 0 Å². The maximum Gasteiger partial charge on any atom is 0.0621 e. The van der Waals surface area contributed by atoms with E-state index in [9.17, 15) is 5.11 Å². The van der Waals surface area contributed by atoms with Crippen molar-refractivity contribution in [2.75, 3.05) is 31.6 Å². The van der Waals surface area contributed by atoms with Crippen LogP contribution in [0.5, 0.6) is 0 Å². The number of anilines is 1. The molecule has 132 valence electrons. The number of benzene rings is 1. The number of hydrogen-bond donors (Lipinski definition) is 2. The number of rotatable bonds is 8. The van der Waals surface area contributed by atoms with Crippen molar-refractivity contribution in [2.45, 2.75) is 46.1 Å². The van der Waals surface area contributed by atoms with Gasteiger partial charge in [-0.1, -0.05) is 32.0 Å². The third-order valence-corrected chi connectivity index (χ3v) is 5.05. The SMILES string of the molecule is CC(C)(CCC#N)CNc1ccccc1CN1CCC(CO)CC1. The molecule has 1 aliphatic heterocycles. The van der Waals surface area contributed by atoms with Crippen LogP contribution in [-0.4, -0.2) is 36.2 Å².